The molecule has 1 aromatic heterocycles. The number of hydrogen-bond acceptors (Lipinski definition) is 6. The molecule has 2 aliphatic heterocycles. The number of benzene rings is 2. The lowest BCUT2D eigenvalue weighted by molar-refractivity contribution is -0.131. The van der Waals surface area contributed by atoms with Crippen molar-refractivity contribution in [1.82, 2.24) is 19.8 Å². The quantitative estimate of drug-likeness (QED) is 0.272. The van der Waals surface area contributed by atoms with Crippen LogP contribution in [0.1, 0.15) is 43.2 Å². The van der Waals surface area contributed by atoms with Crippen molar-refractivity contribution in [2.45, 2.75) is 56.0 Å². The molecule has 10 heteroatoms. The molecule has 1 saturated carbocycles. The zero-order valence-electron chi connectivity index (χ0n) is 25.0. The zero-order chi connectivity index (χ0) is 30.6. The van der Waals surface area contributed by atoms with Crippen molar-refractivity contribution in [3.05, 3.63) is 71.1 Å². The predicted molar refractivity (Wildman–Crippen MR) is 165 cm³/mol. The van der Waals surface area contributed by atoms with Gasteiger partial charge in [0, 0.05) is 36.6 Å². The maximum atomic E-state index is 16.7. The summed E-state index contributed by atoms with van der Waals surface area (Å²) in [7, 11) is 2.06. The van der Waals surface area contributed by atoms with E-state index in [0.29, 0.717) is 29.9 Å². The number of amides is 1. The van der Waals surface area contributed by atoms with Gasteiger partial charge in [-0.1, -0.05) is 30.8 Å². The molecule has 3 fully saturated rings. The maximum absolute atomic E-state index is 16.7. The third kappa shape index (κ3) is 4.87. The van der Waals surface area contributed by atoms with Gasteiger partial charge in [0.15, 0.2) is 11.6 Å². The van der Waals surface area contributed by atoms with Gasteiger partial charge in [0.25, 0.3) is 5.91 Å². The van der Waals surface area contributed by atoms with Gasteiger partial charge in [-0.2, -0.15) is 9.97 Å². The minimum atomic E-state index is -1.05. The van der Waals surface area contributed by atoms with Gasteiger partial charge in [-0.15, -0.1) is 0 Å². The van der Waals surface area contributed by atoms with Crippen molar-refractivity contribution in [3.63, 3.8) is 0 Å². The van der Waals surface area contributed by atoms with Crippen molar-refractivity contribution in [3.8, 4) is 17.1 Å². The molecule has 7 rings (SSSR count). The molecule has 4 aliphatic rings. The lowest BCUT2D eigenvalue weighted by atomic mass is 9.92. The van der Waals surface area contributed by atoms with Gasteiger partial charge in [0.2, 0.25) is 6.54 Å². The number of hydrogen-bond donors (Lipinski definition) is 0. The summed E-state index contributed by atoms with van der Waals surface area (Å²) in [5, 5.41) is 0.527. The zero-order valence-corrected chi connectivity index (χ0v) is 25.0. The van der Waals surface area contributed by atoms with Crippen molar-refractivity contribution < 1.29 is 18.3 Å². The molecule has 2 aromatic carbocycles. The average Bonchev–Trinajstić information content (AvgIpc) is 3.56. The molecule has 0 N–H and O–H groups in total. The summed E-state index contributed by atoms with van der Waals surface area (Å²) in [5.74, 6) is -1.80. The highest BCUT2D eigenvalue weighted by molar-refractivity contribution is 5.94. The molecule has 44 heavy (non-hydrogen) atoms. The molecule has 228 valence electrons. The Morgan fingerprint density at radius 3 is 2.70 bits per heavy atom. The first-order valence-corrected chi connectivity index (χ1v) is 15.5. The minimum absolute atomic E-state index is 0.00493. The molecule has 0 bridgehead atoms. The fourth-order valence-corrected chi connectivity index (χ4v) is 7.51. The van der Waals surface area contributed by atoms with Gasteiger partial charge in [-0.05, 0) is 80.3 Å². The van der Waals surface area contributed by atoms with Crippen LogP contribution in [0, 0.1) is 12.4 Å². The molecular formula is C34H36F2N6O2. The molecule has 8 nitrogen and oxygen atoms in total. The monoisotopic (exact) mass is 598 g/mol. The first-order valence-electron chi connectivity index (χ1n) is 15.5. The first kappa shape index (κ1) is 28.7. The number of halogens is 2. The highest BCUT2D eigenvalue weighted by Crippen LogP contribution is 2.58. The molecule has 3 heterocycles. The molecule has 2 atom stereocenters. The summed E-state index contributed by atoms with van der Waals surface area (Å²) in [6.07, 6.45) is 6.55. The fourth-order valence-electron chi connectivity index (χ4n) is 7.51. The highest BCUT2D eigenvalue weighted by Gasteiger charge is 2.49. The van der Waals surface area contributed by atoms with Gasteiger partial charge in [0.05, 0.1) is 0 Å². The Morgan fingerprint density at radius 2 is 1.98 bits per heavy atom. The number of carbonyl (C=O) groups is 1. The van der Waals surface area contributed by atoms with Crippen LogP contribution in [0.25, 0.3) is 26.9 Å². The van der Waals surface area contributed by atoms with Crippen LogP contribution in [0.5, 0.6) is 6.01 Å². The van der Waals surface area contributed by atoms with E-state index in [-0.39, 0.29) is 42.6 Å². The van der Waals surface area contributed by atoms with Gasteiger partial charge < -0.3 is 24.3 Å². The Labute approximate surface area is 256 Å². The largest absolute Gasteiger partial charge is 0.462 e. The number of piperazine rings is 1. The minimum Gasteiger partial charge on any atom is -0.462 e. The Bertz CT molecular complexity index is 1700. The van der Waals surface area contributed by atoms with Crippen LogP contribution in [0.2, 0.25) is 0 Å². The van der Waals surface area contributed by atoms with E-state index in [1.807, 2.05) is 29.2 Å². The first-order chi connectivity index (χ1) is 21.3. The summed E-state index contributed by atoms with van der Waals surface area (Å²) >= 11 is 0. The lowest BCUT2D eigenvalue weighted by Gasteiger charge is -2.39. The van der Waals surface area contributed by atoms with E-state index in [0.717, 1.165) is 37.8 Å². The second kappa shape index (κ2) is 11.1. The van der Waals surface area contributed by atoms with E-state index in [4.69, 9.17) is 16.3 Å². The number of rotatable bonds is 7. The number of ether oxygens (including phenoxy) is 1. The predicted octanol–water partition coefficient (Wildman–Crippen LogP) is 5.31. The second-order valence-corrected chi connectivity index (χ2v) is 12.7. The number of carbonyl (C=O) groups excluding carboxylic acids is 1. The van der Waals surface area contributed by atoms with E-state index in [1.54, 1.807) is 0 Å². The fraction of sp³-hybridized carbons (Fsp3) is 0.471. The molecule has 2 aliphatic carbocycles. The van der Waals surface area contributed by atoms with Crippen molar-refractivity contribution in [1.29, 1.82) is 0 Å². The van der Waals surface area contributed by atoms with Crippen LogP contribution < -0.4 is 9.64 Å². The van der Waals surface area contributed by atoms with Crippen molar-refractivity contribution in [2.24, 2.45) is 0 Å². The maximum Gasteiger partial charge on any atom is 0.319 e. The van der Waals surface area contributed by atoms with E-state index >= 15 is 4.39 Å². The summed E-state index contributed by atoms with van der Waals surface area (Å²) in [6, 6.07) is 9.66. The smallest absolute Gasteiger partial charge is 0.319 e. The third-order valence-corrected chi connectivity index (χ3v) is 10.2. The lowest BCUT2D eigenvalue weighted by Crippen LogP contribution is -2.56. The molecule has 0 unspecified atom stereocenters. The standard InChI is InChI=1S/C34H36F2N6O2/c1-21(35)32(43)42-17-16-41(19-23(42)18-37-2)31-27-10-9-26(24-7-4-8-28-25(24)11-12-34(28)13-14-34)29(36)30(27)38-33(39-31)44-20-22-6-5-15-40(22)3/h4,7-10,22-23H,1,5-6,11-20H2,3H3/t22-,23-/m0/s1. The molecule has 1 amide bonds. The molecule has 1 spiro atoms. The molecule has 0 radical (unpaired) electrons. The number of nitrogens with zero attached hydrogens (tertiary/aromatic N) is 6. The van der Waals surface area contributed by atoms with Crippen LogP contribution >= 0.6 is 0 Å². The number of likely N-dealkylation sites (tertiary alicyclic amines) is 1. The van der Waals surface area contributed by atoms with Crippen molar-refractivity contribution >= 4 is 22.6 Å². The summed E-state index contributed by atoms with van der Waals surface area (Å²) < 4.78 is 36.7. The average molecular weight is 599 g/mol. The van der Waals surface area contributed by atoms with E-state index in [1.165, 1.54) is 28.9 Å². The SMILES string of the molecule is [C-]#[N+]C[C@H]1CN(c2nc(OC[C@@H]3CCCN3C)nc3c(F)c(-c4cccc5c4CCC54CC4)ccc23)CCN1C(=O)C(=C)F. The molecular weight excluding hydrogens is 562 g/mol. The van der Waals surface area contributed by atoms with Crippen LogP contribution in [0.4, 0.5) is 14.6 Å². The van der Waals surface area contributed by atoms with Gasteiger partial charge in [-0.25, -0.2) is 15.4 Å². The van der Waals surface area contributed by atoms with Crippen LogP contribution in [0.3, 0.4) is 0 Å². The normalized spacial score (nSPS) is 22.3. The number of fused-ring (bicyclic) bond motifs is 3. The summed E-state index contributed by atoms with van der Waals surface area (Å²) in [5.41, 5.74) is 4.48. The Hall–Kier alpha value is -4.10. The highest BCUT2D eigenvalue weighted by atomic mass is 19.1. The van der Waals surface area contributed by atoms with E-state index < -0.39 is 23.6 Å². The summed E-state index contributed by atoms with van der Waals surface area (Å²) in [6.45, 7) is 12.7. The van der Waals surface area contributed by atoms with Gasteiger partial charge in [-0.3, -0.25) is 4.79 Å². The molecule has 2 saturated heterocycles. The van der Waals surface area contributed by atoms with E-state index in [9.17, 15) is 9.18 Å². The Morgan fingerprint density at radius 1 is 1.14 bits per heavy atom. The summed E-state index contributed by atoms with van der Waals surface area (Å²) in [4.78, 5) is 30.9. The number of likely N-dealkylation sites (N-methyl/N-ethyl adjacent to an activating group) is 1. The van der Waals surface area contributed by atoms with Crippen LogP contribution in [-0.4, -0.2) is 84.1 Å². The Balaban J connectivity index is 1.29. The van der Waals surface area contributed by atoms with Crippen LogP contribution in [-0.2, 0) is 16.6 Å². The number of anilines is 1. The topological polar surface area (TPSA) is 66.2 Å². The van der Waals surface area contributed by atoms with Crippen LogP contribution in [0.15, 0.2) is 42.7 Å². The van der Waals surface area contributed by atoms with E-state index in [2.05, 4.69) is 34.4 Å². The van der Waals surface area contributed by atoms with Crippen molar-refractivity contribution in [2.75, 3.05) is 51.3 Å². The Kier molecular flexibility index (Phi) is 7.24. The van der Waals surface area contributed by atoms with Gasteiger partial charge in [0.1, 0.15) is 24.0 Å². The second-order valence-electron chi connectivity index (χ2n) is 12.7. The number of aromatic nitrogens is 2. The van der Waals surface area contributed by atoms with Gasteiger partial charge >= 0.3 is 6.01 Å². The molecule has 3 aromatic rings. The third-order valence-electron chi connectivity index (χ3n) is 10.2.